The van der Waals surface area contributed by atoms with E-state index in [9.17, 15) is 4.79 Å². The first-order valence-corrected chi connectivity index (χ1v) is 10.3. The van der Waals surface area contributed by atoms with E-state index in [-0.39, 0.29) is 5.91 Å². The van der Waals surface area contributed by atoms with E-state index in [2.05, 4.69) is 15.1 Å². The summed E-state index contributed by atoms with van der Waals surface area (Å²) < 4.78 is 0. The Balaban J connectivity index is 1.57. The third-order valence-electron chi connectivity index (χ3n) is 4.75. The Bertz CT molecular complexity index is 766. The third kappa shape index (κ3) is 4.50. The predicted octanol–water partition coefficient (Wildman–Crippen LogP) is 3.18. The molecule has 8 heteroatoms. The molecule has 7 nitrogen and oxygen atoms in total. The molecule has 2 aromatic rings. The van der Waals surface area contributed by atoms with Gasteiger partial charge in [-0.25, -0.2) is 0 Å². The van der Waals surface area contributed by atoms with E-state index in [1.165, 1.54) is 44.4 Å². The van der Waals surface area contributed by atoms with Gasteiger partial charge in [-0.1, -0.05) is 0 Å². The van der Waals surface area contributed by atoms with Gasteiger partial charge in [0.1, 0.15) is 0 Å². The molecule has 1 aromatic heterocycles. The summed E-state index contributed by atoms with van der Waals surface area (Å²) in [7, 11) is 0. The fraction of sp³-hybridized carbons (Fsp3) is 0.474. The molecule has 1 N–H and O–H groups in total. The molecule has 2 aliphatic heterocycles. The number of aromatic nitrogens is 3. The Labute approximate surface area is 163 Å². The molecule has 0 bridgehead atoms. The molecule has 0 unspecified atom stereocenters. The third-order valence-corrected chi connectivity index (χ3v) is 5.63. The first kappa shape index (κ1) is 18.0. The molecule has 27 heavy (non-hydrogen) atoms. The van der Waals surface area contributed by atoms with Crippen molar-refractivity contribution in [3.8, 4) is 0 Å². The molecule has 1 amide bonds. The van der Waals surface area contributed by atoms with Crippen LogP contribution in [0.3, 0.4) is 0 Å². The van der Waals surface area contributed by atoms with Crippen LogP contribution >= 0.6 is 11.8 Å². The zero-order valence-electron chi connectivity index (χ0n) is 15.5. The molecular weight excluding hydrogens is 360 g/mol. The van der Waals surface area contributed by atoms with Gasteiger partial charge in [0.2, 0.25) is 17.8 Å². The van der Waals surface area contributed by atoms with Crippen molar-refractivity contribution in [1.82, 2.24) is 15.0 Å². The van der Waals surface area contributed by atoms with Crippen LogP contribution in [0.1, 0.15) is 32.6 Å². The maximum absolute atomic E-state index is 11.2. The van der Waals surface area contributed by atoms with Crippen LogP contribution in [0.4, 0.5) is 17.6 Å². The Kier molecular flexibility index (Phi) is 5.42. The molecule has 2 fully saturated rings. The van der Waals surface area contributed by atoms with Crippen LogP contribution in [-0.4, -0.2) is 47.0 Å². The van der Waals surface area contributed by atoms with Crippen molar-refractivity contribution in [2.45, 2.75) is 42.7 Å². The number of nitrogens with zero attached hydrogens (tertiary/aromatic N) is 5. The van der Waals surface area contributed by atoms with E-state index >= 15 is 0 Å². The number of nitrogens with one attached hydrogen (secondary N) is 1. The maximum atomic E-state index is 11.2. The standard InChI is InChI=1S/C19H24N6OS/c1-14(26)20-15-6-8-16(9-7-15)27-19-22-17(24-10-2-3-11-24)21-18(23-19)25-12-4-5-13-25/h6-9H,2-5,10-13H2,1H3,(H,20,26). The topological polar surface area (TPSA) is 74.2 Å². The van der Waals surface area contributed by atoms with E-state index in [1.807, 2.05) is 24.3 Å². The van der Waals surface area contributed by atoms with Gasteiger partial charge in [0, 0.05) is 43.7 Å². The molecule has 4 rings (SSSR count). The highest BCUT2D eigenvalue weighted by atomic mass is 32.2. The molecule has 3 heterocycles. The Hall–Kier alpha value is -2.35. The largest absolute Gasteiger partial charge is 0.341 e. The fourth-order valence-electron chi connectivity index (χ4n) is 3.41. The SMILES string of the molecule is CC(=O)Nc1ccc(Sc2nc(N3CCCC3)nc(N3CCCC3)n2)cc1. The van der Waals surface area contributed by atoms with Crippen LogP contribution in [0.5, 0.6) is 0 Å². The highest BCUT2D eigenvalue weighted by Gasteiger charge is 2.21. The van der Waals surface area contributed by atoms with Crippen molar-refractivity contribution in [3.63, 3.8) is 0 Å². The Morgan fingerprint density at radius 1 is 0.889 bits per heavy atom. The van der Waals surface area contributed by atoms with Crippen molar-refractivity contribution >= 4 is 35.3 Å². The zero-order chi connectivity index (χ0) is 18.6. The summed E-state index contributed by atoms with van der Waals surface area (Å²) in [4.78, 5) is 30.9. The van der Waals surface area contributed by atoms with Crippen LogP contribution in [0.2, 0.25) is 0 Å². The number of amides is 1. The summed E-state index contributed by atoms with van der Waals surface area (Å²) in [5.41, 5.74) is 0.790. The number of rotatable bonds is 5. The molecule has 142 valence electrons. The Morgan fingerprint density at radius 2 is 1.41 bits per heavy atom. The van der Waals surface area contributed by atoms with Crippen molar-refractivity contribution in [1.29, 1.82) is 0 Å². The summed E-state index contributed by atoms with van der Waals surface area (Å²) in [5.74, 6) is 1.52. The number of benzene rings is 1. The van der Waals surface area contributed by atoms with Crippen molar-refractivity contribution in [3.05, 3.63) is 24.3 Å². The van der Waals surface area contributed by atoms with Gasteiger partial charge < -0.3 is 15.1 Å². The summed E-state index contributed by atoms with van der Waals surface area (Å²) in [6, 6.07) is 7.75. The highest BCUT2D eigenvalue weighted by molar-refractivity contribution is 7.99. The molecule has 0 spiro atoms. The molecule has 0 saturated carbocycles. The number of hydrogen-bond acceptors (Lipinski definition) is 7. The lowest BCUT2D eigenvalue weighted by Gasteiger charge is -2.20. The first-order valence-electron chi connectivity index (χ1n) is 9.49. The molecule has 0 radical (unpaired) electrons. The van der Waals surface area contributed by atoms with E-state index in [0.717, 1.165) is 53.8 Å². The average molecular weight is 385 g/mol. The smallest absolute Gasteiger partial charge is 0.231 e. The van der Waals surface area contributed by atoms with E-state index < -0.39 is 0 Å². The summed E-state index contributed by atoms with van der Waals surface area (Å²) in [6.07, 6.45) is 4.77. The average Bonchev–Trinajstić information content (AvgIpc) is 3.37. The first-order chi connectivity index (χ1) is 13.2. The van der Waals surface area contributed by atoms with Gasteiger partial charge in [-0.3, -0.25) is 4.79 Å². The van der Waals surface area contributed by atoms with Gasteiger partial charge in [0.25, 0.3) is 0 Å². The number of carbonyl (C=O) groups excluding carboxylic acids is 1. The lowest BCUT2D eigenvalue weighted by atomic mass is 10.3. The predicted molar refractivity (Wildman–Crippen MR) is 108 cm³/mol. The van der Waals surface area contributed by atoms with E-state index in [1.54, 1.807) is 0 Å². The van der Waals surface area contributed by atoms with Crippen LogP contribution in [0.25, 0.3) is 0 Å². The van der Waals surface area contributed by atoms with Crippen LogP contribution in [0.15, 0.2) is 34.3 Å². The zero-order valence-corrected chi connectivity index (χ0v) is 16.3. The summed E-state index contributed by atoms with van der Waals surface area (Å²) in [6.45, 7) is 5.56. The Morgan fingerprint density at radius 3 is 1.89 bits per heavy atom. The van der Waals surface area contributed by atoms with Crippen molar-refractivity contribution < 1.29 is 4.79 Å². The molecule has 1 aromatic carbocycles. The minimum atomic E-state index is -0.0709. The second-order valence-corrected chi connectivity index (χ2v) is 7.95. The summed E-state index contributed by atoms with van der Waals surface area (Å²) in [5, 5.41) is 3.51. The minimum Gasteiger partial charge on any atom is -0.341 e. The van der Waals surface area contributed by atoms with Crippen molar-refractivity contribution in [2.24, 2.45) is 0 Å². The maximum Gasteiger partial charge on any atom is 0.231 e. The lowest BCUT2D eigenvalue weighted by molar-refractivity contribution is -0.114. The quantitative estimate of drug-likeness (QED) is 0.848. The van der Waals surface area contributed by atoms with Gasteiger partial charge in [0.15, 0.2) is 5.16 Å². The fourth-order valence-corrected chi connectivity index (χ4v) is 4.15. The van der Waals surface area contributed by atoms with Crippen LogP contribution in [-0.2, 0) is 4.79 Å². The molecule has 2 saturated heterocycles. The number of hydrogen-bond donors (Lipinski definition) is 1. The van der Waals surface area contributed by atoms with Crippen molar-refractivity contribution in [2.75, 3.05) is 41.3 Å². The molecule has 0 atom stereocenters. The van der Waals surface area contributed by atoms with Gasteiger partial charge in [0.05, 0.1) is 0 Å². The summed E-state index contributed by atoms with van der Waals surface area (Å²) >= 11 is 1.53. The second-order valence-electron chi connectivity index (χ2n) is 6.91. The van der Waals surface area contributed by atoms with Gasteiger partial charge in [-0.2, -0.15) is 15.0 Å². The lowest BCUT2D eigenvalue weighted by Crippen LogP contribution is -2.25. The van der Waals surface area contributed by atoms with Crippen LogP contribution in [0, 0.1) is 0 Å². The second kappa shape index (κ2) is 8.12. The normalized spacial score (nSPS) is 16.8. The van der Waals surface area contributed by atoms with E-state index in [0.29, 0.717) is 0 Å². The number of carbonyl (C=O) groups is 1. The highest BCUT2D eigenvalue weighted by Crippen LogP contribution is 2.30. The molecule has 0 aliphatic carbocycles. The minimum absolute atomic E-state index is 0.0709. The van der Waals surface area contributed by atoms with E-state index in [4.69, 9.17) is 15.0 Å². The van der Waals surface area contributed by atoms with Gasteiger partial charge in [-0.15, -0.1) is 0 Å². The van der Waals surface area contributed by atoms with Gasteiger partial charge >= 0.3 is 0 Å². The number of anilines is 3. The monoisotopic (exact) mass is 384 g/mol. The van der Waals surface area contributed by atoms with Crippen LogP contribution < -0.4 is 15.1 Å². The molecule has 2 aliphatic rings. The molecular formula is C19H24N6OS. The van der Waals surface area contributed by atoms with Gasteiger partial charge in [-0.05, 0) is 61.7 Å².